The van der Waals surface area contributed by atoms with Crippen molar-refractivity contribution in [3.8, 4) is 11.5 Å². The number of hydrogen-bond donors (Lipinski definition) is 1. The van der Waals surface area contributed by atoms with E-state index in [0.29, 0.717) is 39.8 Å². The number of aryl methyl sites for hydroxylation is 1. The summed E-state index contributed by atoms with van der Waals surface area (Å²) in [5, 5.41) is 3.41. The van der Waals surface area contributed by atoms with Gasteiger partial charge in [0.1, 0.15) is 29.4 Å². The summed E-state index contributed by atoms with van der Waals surface area (Å²) >= 11 is 6.10. The Morgan fingerprint density at radius 3 is 2.54 bits per heavy atom. The number of hydrogen-bond acceptors (Lipinski definition) is 4. The predicted molar refractivity (Wildman–Crippen MR) is 125 cm³/mol. The Morgan fingerprint density at radius 2 is 1.83 bits per heavy atom. The van der Waals surface area contributed by atoms with Gasteiger partial charge in [-0.05, 0) is 53.9 Å². The van der Waals surface area contributed by atoms with Gasteiger partial charge in [-0.3, -0.25) is 9.20 Å². The van der Waals surface area contributed by atoms with Crippen molar-refractivity contribution < 1.29 is 27.4 Å². The van der Waals surface area contributed by atoms with Gasteiger partial charge in [0.25, 0.3) is 5.91 Å². The lowest BCUT2D eigenvalue weighted by Crippen LogP contribution is -2.25. The Bertz CT molecular complexity index is 1340. The zero-order valence-corrected chi connectivity index (χ0v) is 19.4. The van der Waals surface area contributed by atoms with E-state index in [4.69, 9.17) is 16.3 Å². The molecule has 2 heterocycles. The van der Waals surface area contributed by atoms with Gasteiger partial charge in [0.15, 0.2) is 0 Å². The molecule has 0 bridgehead atoms. The molecular formula is C25H21ClF3N3O3. The number of fused-ring (bicyclic) bond motifs is 1. The molecule has 0 spiro atoms. The van der Waals surface area contributed by atoms with Crippen LogP contribution in [0, 0.1) is 0 Å². The van der Waals surface area contributed by atoms with E-state index in [1.54, 1.807) is 40.9 Å². The molecule has 2 aromatic heterocycles. The summed E-state index contributed by atoms with van der Waals surface area (Å²) in [6.07, 6.45) is -2.48. The first-order chi connectivity index (χ1) is 16.7. The van der Waals surface area contributed by atoms with Crippen LogP contribution in [0.4, 0.5) is 13.2 Å². The number of pyridine rings is 1. The number of carbonyl (C=O) groups excluding carboxylic acids is 1. The molecule has 0 fully saturated rings. The third-order valence-corrected chi connectivity index (χ3v) is 5.34. The number of nitrogens with one attached hydrogen (secondary N) is 1. The van der Waals surface area contributed by atoms with Crippen molar-refractivity contribution in [3.05, 3.63) is 94.4 Å². The van der Waals surface area contributed by atoms with Crippen LogP contribution in [-0.2, 0) is 19.6 Å². The quantitative estimate of drug-likeness (QED) is 0.322. The van der Waals surface area contributed by atoms with Gasteiger partial charge in [0.05, 0.1) is 10.7 Å². The third-order valence-electron chi connectivity index (χ3n) is 5.12. The second kappa shape index (κ2) is 10.3. The molecule has 0 aliphatic heterocycles. The van der Waals surface area contributed by atoms with E-state index in [1.165, 1.54) is 24.3 Å². The Labute approximate surface area is 204 Å². The fraction of sp³-hybridized carbons (Fsp3) is 0.200. The summed E-state index contributed by atoms with van der Waals surface area (Å²) in [4.78, 5) is 17.5. The molecule has 182 valence electrons. The Morgan fingerprint density at radius 1 is 1.06 bits per heavy atom. The normalized spacial score (nSPS) is 11.5. The molecule has 0 aliphatic carbocycles. The van der Waals surface area contributed by atoms with Crippen LogP contribution in [0.2, 0.25) is 5.02 Å². The minimum atomic E-state index is -4.73. The molecule has 0 radical (unpaired) electrons. The summed E-state index contributed by atoms with van der Waals surface area (Å²) in [5.74, 6) is -0.00856. The molecular weight excluding hydrogens is 483 g/mol. The maximum atomic E-state index is 13.0. The molecule has 0 aliphatic rings. The summed E-state index contributed by atoms with van der Waals surface area (Å²) in [6, 6.07) is 16.1. The number of carbonyl (C=O) groups is 1. The summed E-state index contributed by atoms with van der Waals surface area (Å²) < 4.78 is 48.1. The lowest BCUT2D eigenvalue weighted by atomic mass is 10.2. The molecule has 10 heteroatoms. The third kappa shape index (κ3) is 6.24. The van der Waals surface area contributed by atoms with E-state index in [0.717, 1.165) is 5.56 Å². The average Bonchev–Trinajstić information content (AvgIpc) is 3.19. The number of amides is 1. The Balaban J connectivity index is 1.38. The van der Waals surface area contributed by atoms with E-state index in [-0.39, 0.29) is 24.8 Å². The number of nitrogens with zero attached hydrogens (tertiary/aromatic N) is 2. The van der Waals surface area contributed by atoms with Crippen molar-refractivity contribution in [2.75, 3.05) is 0 Å². The Hall–Kier alpha value is -3.72. The molecule has 0 atom stereocenters. The molecule has 2 aromatic carbocycles. The van der Waals surface area contributed by atoms with Crippen LogP contribution in [0.15, 0.2) is 66.9 Å². The number of rotatable bonds is 8. The first kappa shape index (κ1) is 24.4. The van der Waals surface area contributed by atoms with Gasteiger partial charge in [-0.2, -0.15) is 0 Å². The number of benzene rings is 2. The van der Waals surface area contributed by atoms with Crippen molar-refractivity contribution in [1.82, 2.24) is 14.7 Å². The SMILES string of the molecule is CCc1nc2ccc(Cl)cn2c1C(=O)NCc1cccc(OCc2ccc(OC(F)(F)F)cc2)c1. The van der Waals surface area contributed by atoms with E-state index in [1.807, 2.05) is 13.0 Å². The van der Waals surface area contributed by atoms with Gasteiger partial charge in [0, 0.05) is 12.7 Å². The van der Waals surface area contributed by atoms with Gasteiger partial charge in [-0.1, -0.05) is 42.8 Å². The van der Waals surface area contributed by atoms with E-state index in [2.05, 4.69) is 15.0 Å². The molecule has 0 unspecified atom stereocenters. The molecule has 1 N–H and O–H groups in total. The molecule has 1 amide bonds. The van der Waals surface area contributed by atoms with Crippen molar-refractivity contribution in [2.45, 2.75) is 32.9 Å². The first-order valence-corrected chi connectivity index (χ1v) is 11.1. The maximum absolute atomic E-state index is 13.0. The molecule has 0 saturated carbocycles. The highest BCUT2D eigenvalue weighted by atomic mass is 35.5. The highest BCUT2D eigenvalue weighted by molar-refractivity contribution is 6.30. The zero-order valence-electron chi connectivity index (χ0n) is 18.6. The molecule has 0 saturated heterocycles. The average molecular weight is 504 g/mol. The minimum absolute atomic E-state index is 0.157. The highest BCUT2D eigenvalue weighted by Gasteiger charge is 2.30. The maximum Gasteiger partial charge on any atom is 0.573 e. The van der Waals surface area contributed by atoms with Gasteiger partial charge in [-0.15, -0.1) is 13.2 Å². The van der Waals surface area contributed by atoms with Crippen molar-refractivity contribution in [2.24, 2.45) is 0 Å². The number of alkyl halides is 3. The van der Waals surface area contributed by atoms with Crippen molar-refractivity contribution >= 4 is 23.2 Å². The molecule has 4 aromatic rings. The second-order valence-corrected chi connectivity index (χ2v) is 8.08. The Kier molecular flexibility index (Phi) is 7.16. The van der Waals surface area contributed by atoms with Crippen LogP contribution in [0.5, 0.6) is 11.5 Å². The van der Waals surface area contributed by atoms with Crippen LogP contribution >= 0.6 is 11.6 Å². The standard InChI is InChI=1S/C25H21ClF3N3O3/c1-2-21-23(32-14-18(26)8-11-22(32)31-21)24(33)30-13-17-4-3-5-20(12-17)34-15-16-6-9-19(10-7-16)35-25(27,28)29/h3-12,14H,2,13,15H2,1H3,(H,30,33). The van der Waals surface area contributed by atoms with Gasteiger partial charge in [0.2, 0.25) is 0 Å². The number of aromatic nitrogens is 2. The van der Waals surface area contributed by atoms with Crippen molar-refractivity contribution in [3.63, 3.8) is 0 Å². The van der Waals surface area contributed by atoms with Crippen LogP contribution in [0.25, 0.3) is 5.65 Å². The van der Waals surface area contributed by atoms with Crippen LogP contribution in [0.1, 0.15) is 34.2 Å². The van der Waals surface area contributed by atoms with Gasteiger partial charge >= 0.3 is 6.36 Å². The number of ether oxygens (including phenoxy) is 2. The minimum Gasteiger partial charge on any atom is -0.489 e. The van der Waals surface area contributed by atoms with E-state index >= 15 is 0 Å². The molecule has 6 nitrogen and oxygen atoms in total. The highest BCUT2D eigenvalue weighted by Crippen LogP contribution is 2.23. The largest absolute Gasteiger partial charge is 0.573 e. The van der Waals surface area contributed by atoms with Crippen LogP contribution < -0.4 is 14.8 Å². The molecule has 4 rings (SSSR count). The van der Waals surface area contributed by atoms with E-state index in [9.17, 15) is 18.0 Å². The van der Waals surface area contributed by atoms with Crippen LogP contribution in [-0.4, -0.2) is 21.7 Å². The number of imidazole rings is 1. The zero-order chi connectivity index (χ0) is 25.0. The first-order valence-electron chi connectivity index (χ1n) is 10.7. The fourth-order valence-corrected chi connectivity index (χ4v) is 3.68. The van der Waals surface area contributed by atoms with Gasteiger partial charge < -0.3 is 14.8 Å². The summed E-state index contributed by atoms with van der Waals surface area (Å²) in [7, 11) is 0. The van der Waals surface area contributed by atoms with Crippen LogP contribution in [0.3, 0.4) is 0 Å². The summed E-state index contributed by atoms with van der Waals surface area (Å²) in [6.45, 7) is 2.35. The number of halogens is 4. The predicted octanol–water partition coefficient (Wildman–Crippen LogP) is 5.96. The lowest BCUT2D eigenvalue weighted by Gasteiger charge is -2.11. The second-order valence-electron chi connectivity index (χ2n) is 7.65. The topological polar surface area (TPSA) is 64.9 Å². The smallest absolute Gasteiger partial charge is 0.489 e. The summed E-state index contributed by atoms with van der Waals surface area (Å²) in [5.41, 5.74) is 3.25. The monoisotopic (exact) mass is 503 g/mol. The van der Waals surface area contributed by atoms with Crippen molar-refractivity contribution in [1.29, 1.82) is 0 Å². The lowest BCUT2D eigenvalue weighted by molar-refractivity contribution is -0.274. The van der Waals surface area contributed by atoms with Gasteiger partial charge in [-0.25, -0.2) is 4.98 Å². The molecule has 35 heavy (non-hydrogen) atoms. The van der Waals surface area contributed by atoms with E-state index < -0.39 is 6.36 Å². The fourth-order valence-electron chi connectivity index (χ4n) is 3.52.